The summed E-state index contributed by atoms with van der Waals surface area (Å²) < 4.78 is 2.21. The molecule has 0 saturated carbocycles. The van der Waals surface area contributed by atoms with Crippen LogP contribution in [0.25, 0.3) is 21.5 Å². The minimum absolute atomic E-state index is 0.784. The van der Waals surface area contributed by atoms with Gasteiger partial charge in [0.05, 0.1) is 10.2 Å². The molecule has 0 radical (unpaired) electrons. The fourth-order valence-electron chi connectivity index (χ4n) is 2.16. The Labute approximate surface area is 130 Å². The van der Waals surface area contributed by atoms with Crippen molar-refractivity contribution in [1.82, 2.24) is 9.97 Å². The Kier molecular flexibility index (Phi) is 3.72. The number of halogens is 1. The maximum Gasteiger partial charge on any atom is 0.163 e. The first-order valence-corrected chi connectivity index (χ1v) is 8.12. The fraction of sp³-hybridized carbons (Fsp3) is 0.200. The molecule has 2 aromatic heterocycles. The summed E-state index contributed by atoms with van der Waals surface area (Å²) in [6, 6.07) is 8.36. The summed E-state index contributed by atoms with van der Waals surface area (Å²) in [5.41, 5.74) is 2.12. The van der Waals surface area contributed by atoms with E-state index in [0.29, 0.717) is 0 Å². The third kappa shape index (κ3) is 2.21. The van der Waals surface area contributed by atoms with Crippen LogP contribution in [0, 0.1) is 0 Å². The molecule has 102 valence electrons. The highest BCUT2D eigenvalue weighted by atomic mass is 79.9. The van der Waals surface area contributed by atoms with Crippen LogP contribution in [0.5, 0.6) is 0 Å². The summed E-state index contributed by atoms with van der Waals surface area (Å²) in [6.07, 6.45) is 0.868. The summed E-state index contributed by atoms with van der Waals surface area (Å²) in [4.78, 5) is 9.33. The second-order valence-corrected chi connectivity index (χ2v) is 6.11. The summed E-state index contributed by atoms with van der Waals surface area (Å²) >= 11 is 5.29. The molecule has 0 spiro atoms. The van der Waals surface area contributed by atoms with Crippen molar-refractivity contribution in [2.45, 2.75) is 13.3 Å². The standard InChI is InChI=1S/C15H14BrN3S/c1-3-11-13(16)15(17-2)19-14(18-11)10-8-20-12-7-5-4-6-9(10)12/h4-8H,3H2,1-2H3,(H,17,18,19). The predicted octanol–water partition coefficient (Wildman–Crippen LogP) is 4.72. The normalized spacial score (nSPS) is 10.9. The number of benzene rings is 1. The van der Waals surface area contributed by atoms with Crippen LogP contribution in [0.15, 0.2) is 34.1 Å². The molecule has 0 aliphatic rings. The van der Waals surface area contributed by atoms with Crippen molar-refractivity contribution in [2.24, 2.45) is 0 Å². The third-order valence-electron chi connectivity index (χ3n) is 3.21. The fourth-order valence-corrected chi connectivity index (χ4v) is 3.76. The van der Waals surface area contributed by atoms with E-state index in [1.165, 1.54) is 10.1 Å². The lowest BCUT2D eigenvalue weighted by molar-refractivity contribution is 0.993. The maximum atomic E-state index is 4.70. The van der Waals surface area contributed by atoms with Crippen LogP contribution in [0.3, 0.4) is 0 Å². The van der Waals surface area contributed by atoms with E-state index in [0.717, 1.165) is 33.8 Å². The van der Waals surface area contributed by atoms with Crippen LogP contribution in [-0.4, -0.2) is 17.0 Å². The first-order chi connectivity index (χ1) is 9.74. The van der Waals surface area contributed by atoms with Crippen molar-refractivity contribution >= 4 is 43.2 Å². The monoisotopic (exact) mass is 347 g/mol. The van der Waals surface area contributed by atoms with Crippen molar-refractivity contribution in [1.29, 1.82) is 0 Å². The highest BCUT2D eigenvalue weighted by molar-refractivity contribution is 9.10. The molecule has 3 nitrogen and oxygen atoms in total. The van der Waals surface area contributed by atoms with E-state index in [1.807, 2.05) is 7.05 Å². The van der Waals surface area contributed by atoms with Gasteiger partial charge in [0.15, 0.2) is 5.82 Å². The summed E-state index contributed by atoms with van der Waals surface area (Å²) in [6.45, 7) is 2.10. The zero-order valence-electron chi connectivity index (χ0n) is 11.3. The topological polar surface area (TPSA) is 37.8 Å². The highest BCUT2D eigenvalue weighted by Gasteiger charge is 2.14. The van der Waals surface area contributed by atoms with Gasteiger partial charge >= 0.3 is 0 Å². The van der Waals surface area contributed by atoms with Gasteiger partial charge in [-0.25, -0.2) is 9.97 Å². The van der Waals surface area contributed by atoms with Crippen LogP contribution in [-0.2, 0) is 6.42 Å². The van der Waals surface area contributed by atoms with Crippen molar-refractivity contribution in [3.63, 3.8) is 0 Å². The van der Waals surface area contributed by atoms with E-state index in [4.69, 9.17) is 4.98 Å². The molecule has 0 aliphatic carbocycles. The number of hydrogen-bond donors (Lipinski definition) is 1. The number of aromatic nitrogens is 2. The Hall–Kier alpha value is -1.46. The molecular weight excluding hydrogens is 334 g/mol. The summed E-state index contributed by atoms with van der Waals surface area (Å²) in [5.74, 6) is 1.62. The Morgan fingerprint density at radius 2 is 2.05 bits per heavy atom. The number of nitrogens with zero attached hydrogens (tertiary/aromatic N) is 2. The zero-order chi connectivity index (χ0) is 14.1. The Bertz CT molecular complexity index is 742. The van der Waals surface area contributed by atoms with Crippen LogP contribution < -0.4 is 5.32 Å². The lowest BCUT2D eigenvalue weighted by Crippen LogP contribution is -2.02. The van der Waals surface area contributed by atoms with Crippen LogP contribution in [0.2, 0.25) is 0 Å². The van der Waals surface area contributed by atoms with Gasteiger partial charge in [-0.2, -0.15) is 0 Å². The van der Waals surface area contributed by atoms with E-state index in [-0.39, 0.29) is 0 Å². The zero-order valence-corrected chi connectivity index (χ0v) is 13.7. The molecule has 0 aliphatic heterocycles. The largest absolute Gasteiger partial charge is 0.372 e. The molecule has 0 saturated heterocycles. The molecule has 20 heavy (non-hydrogen) atoms. The van der Waals surface area contributed by atoms with Gasteiger partial charge in [-0.15, -0.1) is 11.3 Å². The van der Waals surface area contributed by atoms with Crippen molar-refractivity contribution < 1.29 is 0 Å². The molecule has 0 unspecified atom stereocenters. The molecule has 0 atom stereocenters. The van der Waals surface area contributed by atoms with Gasteiger partial charge in [-0.3, -0.25) is 0 Å². The van der Waals surface area contributed by atoms with E-state index in [2.05, 4.69) is 62.8 Å². The molecular formula is C15H14BrN3S. The highest BCUT2D eigenvalue weighted by Crippen LogP contribution is 2.34. The first-order valence-electron chi connectivity index (χ1n) is 6.45. The Balaban J connectivity index is 2.24. The van der Waals surface area contributed by atoms with Gasteiger partial charge in [0.25, 0.3) is 0 Å². The molecule has 1 N–H and O–H groups in total. The second kappa shape index (κ2) is 5.50. The third-order valence-corrected chi connectivity index (χ3v) is 5.01. The van der Waals surface area contributed by atoms with E-state index in [9.17, 15) is 0 Å². The summed E-state index contributed by atoms with van der Waals surface area (Å²) in [5, 5.41) is 6.47. The second-order valence-electron chi connectivity index (χ2n) is 4.41. The minimum atomic E-state index is 0.784. The number of aryl methyl sites for hydroxylation is 1. The number of nitrogens with one attached hydrogen (secondary N) is 1. The quantitative estimate of drug-likeness (QED) is 0.744. The average molecular weight is 348 g/mol. The van der Waals surface area contributed by atoms with Gasteiger partial charge in [0, 0.05) is 28.1 Å². The van der Waals surface area contributed by atoms with Crippen LogP contribution in [0.1, 0.15) is 12.6 Å². The van der Waals surface area contributed by atoms with Gasteiger partial charge in [-0.05, 0) is 28.4 Å². The van der Waals surface area contributed by atoms with Crippen molar-refractivity contribution in [3.8, 4) is 11.4 Å². The van der Waals surface area contributed by atoms with Gasteiger partial charge in [0.1, 0.15) is 5.82 Å². The number of hydrogen-bond acceptors (Lipinski definition) is 4. The predicted molar refractivity (Wildman–Crippen MR) is 89.5 cm³/mol. The molecule has 0 bridgehead atoms. The maximum absolute atomic E-state index is 4.70. The van der Waals surface area contributed by atoms with Gasteiger partial charge in [0.2, 0.25) is 0 Å². The van der Waals surface area contributed by atoms with Gasteiger partial charge < -0.3 is 5.32 Å². The van der Waals surface area contributed by atoms with Crippen molar-refractivity contribution in [3.05, 3.63) is 39.8 Å². The average Bonchev–Trinajstić information content (AvgIpc) is 2.91. The Morgan fingerprint density at radius 1 is 1.25 bits per heavy atom. The molecule has 2 heterocycles. The van der Waals surface area contributed by atoms with Crippen LogP contribution in [0.4, 0.5) is 5.82 Å². The van der Waals surface area contributed by atoms with Crippen LogP contribution >= 0.6 is 27.3 Å². The smallest absolute Gasteiger partial charge is 0.163 e. The van der Waals surface area contributed by atoms with E-state index >= 15 is 0 Å². The molecule has 5 heteroatoms. The SMILES string of the molecule is CCc1nc(-c2csc3ccccc23)nc(NC)c1Br. The van der Waals surface area contributed by atoms with E-state index < -0.39 is 0 Å². The number of anilines is 1. The number of rotatable bonds is 3. The molecule has 3 aromatic rings. The molecule has 3 rings (SSSR count). The lowest BCUT2D eigenvalue weighted by Gasteiger charge is -2.09. The lowest BCUT2D eigenvalue weighted by atomic mass is 10.1. The number of fused-ring (bicyclic) bond motifs is 1. The number of thiophene rings is 1. The molecule has 0 fully saturated rings. The van der Waals surface area contributed by atoms with Crippen molar-refractivity contribution in [2.75, 3.05) is 12.4 Å². The summed E-state index contributed by atoms with van der Waals surface area (Å²) in [7, 11) is 1.88. The minimum Gasteiger partial charge on any atom is -0.372 e. The Morgan fingerprint density at radius 3 is 2.80 bits per heavy atom. The first kappa shape index (κ1) is 13.5. The van der Waals surface area contributed by atoms with Gasteiger partial charge in [-0.1, -0.05) is 25.1 Å². The molecule has 1 aromatic carbocycles. The molecule has 0 amide bonds. The van der Waals surface area contributed by atoms with E-state index in [1.54, 1.807) is 11.3 Å².